The summed E-state index contributed by atoms with van der Waals surface area (Å²) >= 11 is 0. The Morgan fingerprint density at radius 2 is 1.92 bits per heavy atom. The van der Waals surface area contributed by atoms with E-state index in [0.29, 0.717) is 6.07 Å². The number of anilines is 1. The van der Waals surface area contributed by atoms with Crippen molar-refractivity contribution in [2.45, 2.75) is 19.0 Å². The molecule has 1 saturated heterocycles. The molecule has 1 fully saturated rings. The zero-order chi connectivity index (χ0) is 19.5. The average molecular weight is 375 g/mol. The van der Waals surface area contributed by atoms with Crippen LogP contribution in [-0.2, 0) is 20.5 Å². The number of amides is 1. The van der Waals surface area contributed by atoms with Crippen LogP contribution in [0, 0.1) is 16.0 Å². The molecule has 1 aliphatic rings. The molecule has 142 valence electrons. The molecule has 0 aliphatic carbocycles. The van der Waals surface area contributed by atoms with Crippen LogP contribution in [0.1, 0.15) is 18.4 Å². The normalized spacial score (nSPS) is 15.6. The molecule has 8 nitrogen and oxygen atoms in total. The number of piperidine rings is 1. The van der Waals surface area contributed by atoms with Crippen LogP contribution in [0.4, 0.5) is 24.5 Å². The van der Waals surface area contributed by atoms with Crippen LogP contribution < -0.4 is 10.6 Å². The molecule has 0 unspecified atom stereocenters. The highest BCUT2D eigenvalue weighted by atomic mass is 19.4. The number of hydrogen-bond donors (Lipinski definition) is 1. The molecule has 0 spiro atoms. The number of nitro groups is 1. The van der Waals surface area contributed by atoms with E-state index in [0.717, 1.165) is 12.1 Å². The summed E-state index contributed by atoms with van der Waals surface area (Å²) < 4.78 is 43.0. The van der Waals surface area contributed by atoms with Crippen LogP contribution in [0.25, 0.3) is 0 Å². The third-order valence-corrected chi connectivity index (χ3v) is 4.03. The molecule has 0 atom stereocenters. The number of alkyl halides is 3. The molecule has 0 aromatic heterocycles. The Kier molecular flexibility index (Phi) is 5.68. The summed E-state index contributed by atoms with van der Waals surface area (Å²) in [4.78, 5) is 34.3. The smallest absolute Gasteiger partial charge is 0.416 e. The van der Waals surface area contributed by atoms with Gasteiger partial charge in [0, 0.05) is 19.2 Å². The summed E-state index contributed by atoms with van der Waals surface area (Å²) in [5.74, 6) is -1.87. The van der Waals surface area contributed by atoms with Crippen molar-refractivity contribution < 1.29 is 32.4 Å². The Balaban J connectivity index is 2.10. The number of benzene rings is 1. The van der Waals surface area contributed by atoms with Crippen LogP contribution in [0.5, 0.6) is 0 Å². The zero-order valence-electron chi connectivity index (χ0n) is 13.5. The van der Waals surface area contributed by atoms with E-state index in [2.05, 4.69) is 0 Å². The van der Waals surface area contributed by atoms with E-state index >= 15 is 0 Å². The van der Waals surface area contributed by atoms with Gasteiger partial charge in [-0.25, -0.2) is 0 Å². The molecule has 1 heterocycles. The average Bonchev–Trinajstić information content (AvgIpc) is 2.58. The molecule has 11 heteroatoms. The van der Waals surface area contributed by atoms with Crippen molar-refractivity contribution in [2.24, 2.45) is 11.7 Å². The predicted molar refractivity (Wildman–Crippen MR) is 83.2 cm³/mol. The van der Waals surface area contributed by atoms with Crippen LogP contribution in [0.2, 0.25) is 0 Å². The number of carbonyl (C=O) groups excluding carboxylic acids is 2. The highest BCUT2D eigenvalue weighted by Gasteiger charge is 2.35. The first-order valence-corrected chi connectivity index (χ1v) is 7.65. The van der Waals surface area contributed by atoms with Gasteiger partial charge in [0.25, 0.3) is 11.6 Å². The number of primary amides is 1. The SMILES string of the molecule is NC(=O)COC(=O)C1CCN(c2ccc(C(F)(F)F)cc2[N+](=O)[O-])CC1. The van der Waals surface area contributed by atoms with Crippen LogP contribution in [0.3, 0.4) is 0 Å². The van der Waals surface area contributed by atoms with Gasteiger partial charge in [-0.3, -0.25) is 19.7 Å². The van der Waals surface area contributed by atoms with Gasteiger partial charge in [0.15, 0.2) is 6.61 Å². The minimum Gasteiger partial charge on any atom is -0.455 e. The molecule has 0 bridgehead atoms. The fraction of sp³-hybridized carbons (Fsp3) is 0.467. The lowest BCUT2D eigenvalue weighted by atomic mass is 9.96. The van der Waals surface area contributed by atoms with Gasteiger partial charge < -0.3 is 15.4 Å². The Bertz CT molecular complexity index is 715. The first-order valence-electron chi connectivity index (χ1n) is 7.65. The Hall–Kier alpha value is -2.85. The van der Waals surface area contributed by atoms with Gasteiger partial charge in [0.05, 0.1) is 16.4 Å². The number of nitrogens with zero attached hydrogens (tertiary/aromatic N) is 2. The topological polar surface area (TPSA) is 116 Å². The van der Waals surface area contributed by atoms with E-state index in [1.54, 1.807) is 4.90 Å². The van der Waals surface area contributed by atoms with E-state index in [1.807, 2.05) is 0 Å². The van der Waals surface area contributed by atoms with Gasteiger partial charge in [-0.05, 0) is 25.0 Å². The molecular formula is C15H16F3N3O5. The summed E-state index contributed by atoms with van der Waals surface area (Å²) in [6.07, 6.45) is -4.11. The Morgan fingerprint density at radius 3 is 2.42 bits per heavy atom. The van der Waals surface area contributed by atoms with Crippen LogP contribution >= 0.6 is 0 Å². The second-order valence-corrected chi connectivity index (χ2v) is 5.79. The molecule has 1 amide bonds. The number of rotatable bonds is 5. The lowest BCUT2D eigenvalue weighted by molar-refractivity contribution is -0.384. The number of nitro benzene ring substituents is 1. The molecule has 26 heavy (non-hydrogen) atoms. The van der Waals surface area contributed by atoms with Crippen molar-refractivity contribution in [3.05, 3.63) is 33.9 Å². The maximum Gasteiger partial charge on any atom is 0.416 e. The molecule has 0 saturated carbocycles. The molecule has 2 rings (SSSR count). The summed E-state index contributed by atoms with van der Waals surface area (Å²) in [6, 6.07) is 2.35. The third-order valence-electron chi connectivity index (χ3n) is 4.03. The molecule has 1 aliphatic heterocycles. The molecule has 0 radical (unpaired) electrons. The van der Waals surface area contributed by atoms with Crippen molar-refractivity contribution in [1.29, 1.82) is 0 Å². The van der Waals surface area contributed by atoms with Gasteiger partial charge in [-0.1, -0.05) is 0 Å². The van der Waals surface area contributed by atoms with Crippen LogP contribution in [0.15, 0.2) is 18.2 Å². The summed E-state index contributed by atoms with van der Waals surface area (Å²) in [5.41, 5.74) is 3.21. The molecular weight excluding hydrogens is 359 g/mol. The predicted octanol–water partition coefficient (Wildman–Crippen LogP) is 1.86. The quantitative estimate of drug-likeness (QED) is 0.477. The number of halogens is 3. The zero-order valence-corrected chi connectivity index (χ0v) is 13.5. The van der Waals surface area contributed by atoms with E-state index in [1.165, 1.54) is 0 Å². The van der Waals surface area contributed by atoms with Crippen molar-refractivity contribution in [3.8, 4) is 0 Å². The lowest BCUT2D eigenvalue weighted by Crippen LogP contribution is -2.38. The van der Waals surface area contributed by atoms with Crippen molar-refractivity contribution in [2.75, 3.05) is 24.6 Å². The van der Waals surface area contributed by atoms with Gasteiger partial charge in [0.1, 0.15) is 5.69 Å². The van der Waals surface area contributed by atoms with Crippen molar-refractivity contribution >= 4 is 23.3 Å². The highest BCUT2D eigenvalue weighted by molar-refractivity contribution is 5.80. The lowest BCUT2D eigenvalue weighted by Gasteiger charge is -2.32. The monoisotopic (exact) mass is 375 g/mol. The van der Waals surface area contributed by atoms with Gasteiger partial charge >= 0.3 is 12.1 Å². The van der Waals surface area contributed by atoms with E-state index in [-0.39, 0.29) is 31.6 Å². The fourth-order valence-corrected chi connectivity index (χ4v) is 2.73. The number of esters is 1. The largest absolute Gasteiger partial charge is 0.455 e. The molecule has 1 aromatic carbocycles. The Labute approximate surface area is 145 Å². The summed E-state index contributed by atoms with van der Waals surface area (Å²) in [5, 5.41) is 11.2. The minimum absolute atomic E-state index is 0.0620. The maximum atomic E-state index is 12.8. The number of nitrogens with two attached hydrogens (primary N) is 1. The molecule has 1 aromatic rings. The van der Waals surface area contributed by atoms with Gasteiger partial charge in [-0.15, -0.1) is 0 Å². The first-order chi connectivity index (χ1) is 12.1. The maximum absolute atomic E-state index is 12.8. The van der Waals surface area contributed by atoms with Gasteiger partial charge in [0.2, 0.25) is 0 Å². The third kappa shape index (κ3) is 4.61. The van der Waals surface area contributed by atoms with Gasteiger partial charge in [-0.2, -0.15) is 13.2 Å². The highest BCUT2D eigenvalue weighted by Crippen LogP contribution is 2.37. The minimum atomic E-state index is -4.68. The summed E-state index contributed by atoms with van der Waals surface area (Å²) in [7, 11) is 0. The standard InChI is InChI=1S/C15H16F3N3O5/c16-15(17,18)10-1-2-11(12(7-10)21(24)25)20-5-3-9(4-6-20)14(23)26-8-13(19)22/h1-2,7,9H,3-6,8H2,(H2,19,22). The van der Waals surface area contributed by atoms with Crippen LogP contribution in [-0.4, -0.2) is 36.5 Å². The first kappa shape index (κ1) is 19.5. The fourth-order valence-electron chi connectivity index (χ4n) is 2.73. The second-order valence-electron chi connectivity index (χ2n) is 5.79. The molecule has 2 N–H and O–H groups in total. The number of hydrogen-bond acceptors (Lipinski definition) is 6. The van der Waals surface area contributed by atoms with E-state index < -0.39 is 46.8 Å². The second kappa shape index (κ2) is 7.58. The summed E-state index contributed by atoms with van der Waals surface area (Å²) in [6.45, 7) is -0.0749. The van der Waals surface area contributed by atoms with E-state index in [4.69, 9.17) is 10.5 Å². The van der Waals surface area contributed by atoms with E-state index in [9.17, 15) is 32.9 Å². The van der Waals surface area contributed by atoms with Crippen molar-refractivity contribution in [3.63, 3.8) is 0 Å². The van der Waals surface area contributed by atoms with Crippen molar-refractivity contribution in [1.82, 2.24) is 0 Å². The Morgan fingerprint density at radius 1 is 1.31 bits per heavy atom. The number of carbonyl (C=O) groups is 2. The number of ether oxygens (including phenoxy) is 1.